The summed E-state index contributed by atoms with van der Waals surface area (Å²) in [6.45, 7) is 4.72. The molecule has 1 aromatic rings. The van der Waals surface area contributed by atoms with Crippen LogP contribution in [-0.2, 0) is 19.1 Å². The number of ether oxygens (including phenoxy) is 3. The van der Waals surface area contributed by atoms with E-state index in [9.17, 15) is 9.59 Å². The minimum Gasteiger partial charge on any atom is -0.497 e. The smallest absolute Gasteiger partial charge is 0.312 e. The lowest BCUT2D eigenvalue weighted by Gasteiger charge is -2.23. The van der Waals surface area contributed by atoms with E-state index in [1.54, 1.807) is 12.0 Å². The zero-order valence-electron chi connectivity index (χ0n) is 15.2. The zero-order valence-corrected chi connectivity index (χ0v) is 15.2. The highest BCUT2D eigenvalue weighted by Crippen LogP contribution is 2.52. The van der Waals surface area contributed by atoms with Crippen LogP contribution in [0.2, 0.25) is 0 Å². The number of nitrogens with zero attached hydrogens (tertiary/aromatic N) is 1. The number of hydrogen-bond donors (Lipinski definition) is 0. The van der Waals surface area contributed by atoms with E-state index in [1.165, 1.54) is 0 Å². The number of esters is 1. The van der Waals surface area contributed by atoms with E-state index in [1.807, 2.05) is 50.3 Å². The third-order valence-electron chi connectivity index (χ3n) is 5.32. The van der Waals surface area contributed by atoms with Gasteiger partial charge in [-0.2, -0.15) is 0 Å². The lowest BCUT2D eigenvalue weighted by atomic mass is 9.77. The molecule has 2 saturated heterocycles. The molecular weight excluding hydrogens is 334 g/mol. The highest BCUT2D eigenvalue weighted by atomic mass is 16.6. The lowest BCUT2D eigenvalue weighted by Crippen LogP contribution is -2.40. The Morgan fingerprint density at radius 1 is 1.35 bits per heavy atom. The van der Waals surface area contributed by atoms with Crippen LogP contribution >= 0.6 is 0 Å². The van der Waals surface area contributed by atoms with Gasteiger partial charge in [-0.3, -0.25) is 9.59 Å². The normalized spacial score (nSPS) is 31.6. The molecule has 6 heteroatoms. The monoisotopic (exact) mass is 357 g/mol. The average Bonchev–Trinajstić information content (AvgIpc) is 3.28. The van der Waals surface area contributed by atoms with Crippen molar-refractivity contribution < 1.29 is 23.8 Å². The number of carbonyl (C=O) groups is 2. The fourth-order valence-electron chi connectivity index (χ4n) is 4.09. The Hall–Kier alpha value is -2.34. The summed E-state index contributed by atoms with van der Waals surface area (Å²) in [5.41, 5.74) is 0.0396. The first-order valence-electron chi connectivity index (χ1n) is 8.94. The Balaban J connectivity index is 1.59. The molecule has 2 bridgehead atoms. The van der Waals surface area contributed by atoms with Crippen LogP contribution in [0.15, 0.2) is 36.4 Å². The second-order valence-electron chi connectivity index (χ2n) is 7.55. The van der Waals surface area contributed by atoms with Gasteiger partial charge in [-0.15, -0.1) is 0 Å². The number of hydrogen-bond acceptors (Lipinski definition) is 5. The number of benzene rings is 1. The van der Waals surface area contributed by atoms with Gasteiger partial charge >= 0.3 is 5.97 Å². The summed E-state index contributed by atoms with van der Waals surface area (Å²) < 4.78 is 16.7. The molecular formula is C20H23NO5. The predicted octanol–water partition coefficient (Wildman–Crippen LogP) is 2.18. The Bertz CT molecular complexity index is 756. The van der Waals surface area contributed by atoms with Crippen molar-refractivity contribution in [3.8, 4) is 5.75 Å². The second kappa shape index (κ2) is 6.13. The average molecular weight is 357 g/mol. The summed E-state index contributed by atoms with van der Waals surface area (Å²) in [6, 6.07) is 7.32. The molecule has 4 atom stereocenters. The molecule has 0 aromatic heterocycles. The highest BCUT2D eigenvalue weighted by molar-refractivity contribution is 6.02. The highest BCUT2D eigenvalue weighted by Gasteiger charge is 2.67. The van der Waals surface area contributed by atoms with E-state index in [2.05, 4.69) is 0 Å². The molecule has 2 unspecified atom stereocenters. The Morgan fingerprint density at radius 2 is 2.08 bits per heavy atom. The van der Waals surface area contributed by atoms with Crippen LogP contribution in [0.5, 0.6) is 5.75 Å². The molecule has 0 aliphatic carbocycles. The van der Waals surface area contributed by atoms with E-state index >= 15 is 0 Å². The molecule has 3 aliphatic rings. The molecule has 3 aliphatic heterocycles. The van der Waals surface area contributed by atoms with Crippen molar-refractivity contribution in [2.45, 2.75) is 25.6 Å². The van der Waals surface area contributed by atoms with Gasteiger partial charge in [0.1, 0.15) is 17.3 Å². The van der Waals surface area contributed by atoms with E-state index in [4.69, 9.17) is 14.2 Å². The van der Waals surface area contributed by atoms with Crippen LogP contribution in [0.4, 0.5) is 5.69 Å². The topological polar surface area (TPSA) is 65.1 Å². The summed E-state index contributed by atoms with van der Waals surface area (Å²) in [6.07, 6.45) is 3.46. The first-order chi connectivity index (χ1) is 12.4. The van der Waals surface area contributed by atoms with Gasteiger partial charge < -0.3 is 19.1 Å². The largest absolute Gasteiger partial charge is 0.497 e. The Morgan fingerprint density at radius 3 is 2.73 bits per heavy atom. The van der Waals surface area contributed by atoms with Gasteiger partial charge in [0.05, 0.1) is 32.3 Å². The number of fused-ring (bicyclic) bond motifs is 1. The fraction of sp³-hybridized carbons (Fsp3) is 0.500. The molecule has 3 heterocycles. The second-order valence-corrected chi connectivity index (χ2v) is 7.55. The summed E-state index contributed by atoms with van der Waals surface area (Å²) >= 11 is 0. The van der Waals surface area contributed by atoms with Crippen LogP contribution in [0.3, 0.4) is 0 Å². The zero-order chi connectivity index (χ0) is 18.5. The maximum Gasteiger partial charge on any atom is 0.312 e. The molecule has 1 aromatic carbocycles. The van der Waals surface area contributed by atoms with Gasteiger partial charge in [0, 0.05) is 5.69 Å². The predicted molar refractivity (Wildman–Crippen MR) is 94.9 cm³/mol. The lowest BCUT2D eigenvalue weighted by molar-refractivity contribution is -0.153. The molecule has 1 amide bonds. The molecule has 26 heavy (non-hydrogen) atoms. The number of amides is 1. The fourth-order valence-corrected chi connectivity index (χ4v) is 4.09. The van der Waals surface area contributed by atoms with Crippen molar-refractivity contribution >= 4 is 17.6 Å². The number of anilines is 1. The van der Waals surface area contributed by atoms with E-state index in [-0.39, 0.29) is 23.9 Å². The van der Waals surface area contributed by atoms with Gasteiger partial charge in [0.2, 0.25) is 5.91 Å². The number of methoxy groups -OCH3 is 1. The summed E-state index contributed by atoms with van der Waals surface area (Å²) in [5, 5.41) is 0. The van der Waals surface area contributed by atoms with Gasteiger partial charge in [-0.05, 0) is 30.2 Å². The third kappa shape index (κ3) is 2.51. The summed E-state index contributed by atoms with van der Waals surface area (Å²) in [5.74, 6) is -0.559. The van der Waals surface area contributed by atoms with Crippen molar-refractivity contribution in [2.24, 2.45) is 17.8 Å². The molecule has 4 rings (SSSR count). The minimum atomic E-state index is -0.733. The SMILES string of the molecule is COc1ccc(N2CC34C=C[C@@H](O3)C(C(=O)OCC(C)C)[C@@H]4C2=O)cc1. The van der Waals surface area contributed by atoms with Gasteiger partial charge in [0.15, 0.2) is 0 Å². The van der Waals surface area contributed by atoms with Crippen molar-refractivity contribution in [1.29, 1.82) is 0 Å². The molecule has 0 saturated carbocycles. The standard InChI is InChI=1S/C20H23NO5/c1-12(2)10-25-19(23)16-15-8-9-20(26-15)11-21(18(22)17(16)20)13-4-6-14(24-3)7-5-13/h4-9,12,15-17H,10-11H2,1-3H3/t15-,16?,17-,20?/m1/s1. The quantitative estimate of drug-likeness (QED) is 0.597. The molecule has 1 spiro atoms. The van der Waals surface area contributed by atoms with Gasteiger partial charge in [-0.1, -0.05) is 26.0 Å². The maximum absolute atomic E-state index is 13.2. The van der Waals surface area contributed by atoms with Crippen LogP contribution in [0.1, 0.15) is 13.8 Å². The molecule has 2 fully saturated rings. The van der Waals surface area contributed by atoms with E-state index < -0.39 is 17.4 Å². The van der Waals surface area contributed by atoms with Gasteiger partial charge in [0.25, 0.3) is 0 Å². The van der Waals surface area contributed by atoms with E-state index in [0.717, 1.165) is 11.4 Å². The summed E-state index contributed by atoms with van der Waals surface area (Å²) in [4.78, 5) is 27.5. The van der Waals surface area contributed by atoms with Crippen LogP contribution in [0, 0.1) is 17.8 Å². The number of carbonyl (C=O) groups excluding carboxylic acids is 2. The number of rotatable bonds is 5. The van der Waals surface area contributed by atoms with Crippen molar-refractivity contribution in [1.82, 2.24) is 0 Å². The minimum absolute atomic E-state index is 0.0893. The summed E-state index contributed by atoms with van der Waals surface area (Å²) in [7, 11) is 1.60. The first-order valence-corrected chi connectivity index (χ1v) is 8.94. The van der Waals surface area contributed by atoms with Crippen LogP contribution < -0.4 is 9.64 Å². The Kier molecular flexibility index (Phi) is 4.03. The molecule has 138 valence electrons. The Labute approximate surface area is 152 Å². The molecule has 0 N–H and O–H groups in total. The van der Waals surface area contributed by atoms with Crippen LogP contribution in [-0.4, -0.2) is 43.8 Å². The van der Waals surface area contributed by atoms with Crippen molar-refractivity contribution in [3.05, 3.63) is 36.4 Å². The molecule has 6 nitrogen and oxygen atoms in total. The van der Waals surface area contributed by atoms with Gasteiger partial charge in [-0.25, -0.2) is 0 Å². The van der Waals surface area contributed by atoms with E-state index in [0.29, 0.717) is 13.2 Å². The van der Waals surface area contributed by atoms with Crippen LogP contribution in [0.25, 0.3) is 0 Å². The first kappa shape index (κ1) is 17.1. The third-order valence-corrected chi connectivity index (χ3v) is 5.32. The molecule has 0 radical (unpaired) electrons. The van der Waals surface area contributed by atoms with Crippen molar-refractivity contribution in [3.63, 3.8) is 0 Å². The van der Waals surface area contributed by atoms with Crippen molar-refractivity contribution in [2.75, 3.05) is 25.2 Å². The maximum atomic E-state index is 13.2.